The number of rotatable bonds is 6. The van der Waals surface area contributed by atoms with Crippen molar-refractivity contribution in [2.75, 3.05) is 13.4 Å². The molecule has 6 nitrogen and oxygen atoms in total. The van der Waals surface area contributed by atoms with Crippen LogP contribution in [0, 0.1) is 17.8 Å². The molecular formula is C30H30ClNO5S. The average Bonchev–Trinajstić information content (AvgIpc) is 3.43. The summed E-state index contributed by atoms with van der Waals surface area (Å²) < 4.78 is 16.8. The van der Waals surface area contributed by atoms with Gasteiger partial charge in [0.2, 0.25) is 6.79 Å². The average molecular weight is 552 g/mol. The maximum Gasteiger partial charge on any atom is 0.293 e. The van der Waals surface area contributed by atoms with E-state index in [2.05, 4.69) is 18.2 Å². The fourth-order valence-electron chi connectivity index (χ4n) is 7.77. The zero-order chi connectivity index (χ0) is 26.0. The Balaban J connectivity index is 1.19. The molecule has 38 heavy (non-hydrogen) atoms. The molecule has 2 amide bonds. The highest BCUT2D eigenvalue weighted by atomic mass is 35.5. The van der Waals surface area contributed by atoms with Crippen LogP contribution in [-0.4, -0.2) is 29.4 Å². The first-order valence-electron chi connectivity index (χ1n) is 13.5. The van der Waals surface area contributed by atoms with Crippen LogP contribution in [0.2, 0.25) is 5.02 Å². The van der Waals surface area contributed by atoms with E-state index in [9.17, 15) is 9.59 Å². The lowest BCUT2D eigenvalue weighted by Crippen LogP contribution is -2.48. The van der Waals surface area contributed by atoms with Gasteiger partial charge in [0.25, 0.3) is 11.1 Å². The molecule has 8 heteroatoms. The Hall–Kier alpha value is -2.64. The van der Waals surface area contributed by atoms with Gasteiger partial charge in [0.1, 0.15) is 5.75 Å². The van der Waals surface area contributed by atoms with Crippen LogP contribution < -0.4 is 14.2 Å². The summed E-state index contributed by atoms with van der Waals surface area (Å²) in [6.45, 7) is 2.69. The number of halogens is 1. The van der Waals surface area contributed by atoms with Gasteiger partial charge < -0.3 is 14.2 Å². The Morgan fingerprint density at radius 1 is 1.05 bits per heavy atom. The van der Waals surface area contributed by atoms with Crippen LogP contribution in [0.3, 0.4) is 0 Å². The van der Waals surface area contributed by atoms with E-state index in [1.807, 2.05) is 13.0 Å². The van der Waals surface area contributed by atoms with Gasteiger partial charge in [-0.05, 0) is 116 Å². The number of carbonyl (C=O) groups is 2. The van der Waals surface area contributed by atoms with Crippen molar-refractivity contribution in [1.29, 1.82) is 0 Å². The Bertz CT molecular complexity index is 1340. The van der Waals surface area contributed by atoms with Gasteiger partial charge in [-0.2, -0.15) is 0 Å². The number of ether oxygens (including phenoxy) is 3. The first kappa shape index (κ1) is 24.4. The molecule has 4 saturated carbocycles. The quantitative estimate of drug-likeness (QED) is 0.354. The zero-order valence-electron chi connectivity index (χ0n) is 21.3. The second-order valence-corrected chi connectivity index (χ2v) is 12.8. The summed E-state index contributed by atoms with van der Waals surface area (Å²) in [5.41, 5.74) is 3.10. The van der Waals surface area contributed by atoms with Crippen molar-refractivity contribution in [3.8, 4) is 17.2 Å². The number of fused-ring (bicyclic) bond motifs is 1. The summed E-state index contributed by atoms with van der Waals surface area (Å²) in [6, 6.07) is 9.92. The summed E-state index contributed by atoms with van der Waals surface area (Å²) in [4.78, 5) is 28.0. The standard InChI is InChI=1S/C30H30ClNO5S/c1-2-35-24-4-3-22(30-12-17-5-18(13-30)7-19(6-17)14-30)8-20(24)10-27-28(33)32(29(34)38-27)15-21-9-25-26(11-23(21)31)37-16-36-25/h3-4,8-11,17-19H,2,5-7,12-16H2,1H3/b27-10-. The molecule has 4 bridgehead atoms. The molecule has 5 fully saturated rings. The van der Waals surface area contributed by atoms with E-state index in [4.69, 9.17) is 25.8 Å². The minimum absolute atomic E-state index is 0.0725. The predicted octanol–water partition coefficient (Wildman–Crippen LogP) is 7.17. The third-order valence-corrected chi connectivity index (χ3v) is 10.2. The molecule has 2 aromatic carbocycles. The lowest BCUT2D eigenvalue weighted by molar-refractivity contribution is -0.123. The minimum Gasteiger partial charge on any atom is -0.493 e. The second-order valence-electron chi connectivity index (χ2n) is 11.4. The summed E-state index contributed by atoms with van der Waals surface area (Å²) >= 11 is 7.39. The molecular weight excluding hydrogens is 522 g/mol. The first-order chi connectivity index (χ1) is 18.4. The van der Waals surface area contributed by atoms with Crippen LogP contribution in [0.1, 0.15) is 62.1 Å². The molecule has 0 N–H and O–H groups in total. The van der Waals surface area contributed by atoms with Crippen LogP contribution in [0.4, 0.5) is 4.79 Å². The monoisotopic (exact) mass is 551 g/mol. The topological polar surface area (TPSA) is 65.1 Å². The van der Waals surface area contributed by atoms with Gasteiger partial charge in [-0.3, -0.25) is 14.5 Å². The normalized spacial score (nSPS) is 30.1. The molecule has 198 valence electrons. The van der Waals surface area contributed by atoms with Crippen molar-refractivity contribution in [3.05, 3.63) is 56.9 Å². The van der Waals surface area contributed by atoms with E-state index in [0.717, 1.165) is 40.8 Å². The number of carbonyl (C=O) groups excluding carboxylic acids is 2. The van der Waals surface area contributed by atoms with Crippen LogP contribution >= 0.6 is 23.4 Å². The highest BCUT2D eigenvalue weighted by Crippen LogP contribution is 2.61. The van der Waals surface area contributed by atoms with Crippen LogP contribution in [-0.2, 0) is 16.8 Å². The molecule has 0 aromatic heterocycles. The van der Waals surface area contributed by atoms with E-state index < -0.39 is 0 Å². The molecule has 0 atom stereocenters. The van der Waals surface area contributed by atoms with E-state index in [0.29, 0.717) is 33.6 Å². The largest absolute Gasteiger partial charge is 0.493 e. The van der Waals surface area contributed by atoms with Crippen LogP contribution in [0.25, 0.3) is 6.08 Å². The van der Waals surface area contributed by atoms with Gasteiger partial charge in [-0.25, -0.2) is 0 Å². The van der Waals surface area contributed by atoms with Gasteiger partial charge in [0.15, 0.2) is 11.5 Å². The smallest absolute Gasteiger partial charge is 0.293 e. The van der Waals surface area contributed by atoms with Crippen LogP contribution in [0.5, 0.6) is 17.2 Å². The number of hydrogen-bond acceptors (Lipinski definition) is 6. The molecule has 0 radical (unpaired) electrons. The van der Waals surface area contributed by atoms with Crippen molar-refractivity contribution in [2.24, 2.45) is 17.8 Å². The minimum atomic E-state index is -0.323. The maximum atomic E-state index is 13.4. The highest BCUT2D eigenvalue weighted by Gasteiger charge is 2.51. The number of benzene rings is 2. The third kappa shape index (κ3) is 4.10. The number of imide groups is 1. The lowest BCUT2D eigenvalue weighted by Gasteiger charge is -2.57. The second kappa shape index (κ2) is 9.23. The number of nitrogens with zero attached hydrogens (tertiary/aromatic N) is 1. The molecule has 4 aliphatic carbocycles. The molecule has 2 aromatic rings. The molecule has 2 heterocycles. The Labute approximate surface area is 231 Å². The molecule has 8 rings (SSSR count). The molecule has 1 saturated heterocycles. The van der Waals surface area contributed by atoms with E-state index in [1.54, 1.807) is 12.1 Å². The van der Waals surface area contributed by atoms with Gasteiger partial charge in [0.05, 0.1) is 18.1 Å². The third-order valence-electron chi connectivity index (χ3n) is 8.99. The van der Waals surface area contributed by atoms with Gasteiger partial charge in [0, 0.05) is 16.7 Å². The van der Waals surface area contributed by atoms with Crippen molar-refractivity contribution >= 4 is 40.6 Å². The molecule has 0 unspecified atom stereocenters. The van der Waals surface area contributed by atoms with Crippen molar-refractivity contribution in [3.63, 3.8) is 0 Å². The van der Waals surface area contributed by atoms with Gasteiger partial charge >= 0.3 is 0 Å². The van der Waals surface area contributed by atoms with Crippen molar-refractivity contribution in [2.45, 2.75) is 57.4 Å². The van der Waals surface area contributed by atoms with Crippen LogP contribution in [0.15, 0.2) is 35.2 Å². The fraction of sp³-hybridized carbons (Fsp3) is 0.467. The Morgan fingerprint density at radius 2 is 1.74 bits per heavy atom. The SMILES string of the molecule is CCOc1ccc(C23CC4CC(CC(C4)C2)C3)cc1/C=C1\SC(=O)N(Cc2cc3c(cc2Cl)OCO3)C1=O. The van der Waals surface area contributed by atoms with Crippen molar-refractivity contribution < 1.29 is 23.8 Å². The van der Waals surface area contributed by atoms with Crippen molar-refractivity contribution in [1.82, 2.24) is 4.90 Å². The summed E-state index contributed by atoms with van der Waals surface area (Å²) in [7, 11) is 0. The van der Waals surface area contributed by atoms with E-state index in [1.165, 1.54) is 49.0 Å². The number of thioether (sulfide) groups is 1. The van der Waals surface area contributed by atoms with E-state index in [-0.39, 0.29) is 29.9 Å². The molecule has 2 aliphatic heterocycles. The Kier molecular flexibility index (Phi) is 5.93. The first-order valence-corrected chi connectivity index (χ1v) is 14.7. The van der Waals surface area contributed by atoms with E-state index >= 15 is 0 Å². The maximum absolute atomic E-state index is 13.4. The molecule has 6 aliphatic rings. The predicted molar refractivity (Wildman–Crippen MR) is 147 cm³/mol. The number of amides is 2. The summed E-state index contributed by atoms with van der Waals surface area (Å²) in [5.74, 6) is 4.08. The Morgan fingerprint density at radius 3 is 2.42 bits per heavy atom. The van der Waals surface area contributed by atoms with Gasteiger partial charge in [-0.1, -0.05) is 17.7 Å². The lowest BCUT2D eigenvalue weighted by atomic mass is 9.48. The molecule has 0 spiro atoms. The zero-order valence-corrected chi connectivity index (χ0v) is 22.9. The summed E-state index contributed by atoms with van der Waals surface area (Å²) in [5, 5.41) is 0.115. The fourth-order valence-corrected chi connectivity index (χ4v) is 8.81. The van der Waals surface area contributed by atoms with Gasteiger partial charge in [-0.15, -0.1) is 0 Å². The number of hydrogen-bond donors (Lipinski definition) is 0. The highest BCUT2D eigenvalue weighted by molar-refractivity contribution is 8.18. The summed E-state index contributed by atoms with van der Waals surface area (Å²) in [6.07, 6.45) is 9.80.